The van der Waals surface area contributed by atoms with E-state index in [9.17, 15) is 8.42 Å². The molecule has 1 N–H and O–H groups in total. The average Bonchev–Trinajstić information content (AvgIpc) is 3.08. The number of sulfonamides is 1. The zero-order chi connectivity index (χ0) is 17.6. The summed E-state index contributed by atoms with van der Waals surface area (Å²) in [5, 5.41) is 0. The maximum atomic E-state index is 12.4. The van der Waals surface area contributed by atoms with Gasteiger partial charge in [0.25, 0.3) is 0 Å². The fourth-order valence-electron chi connectivity index (χ4n) is 3.19. The van der Waals surface area contributed by atoms with Crippen LogP contribution >= 0.6 is 0 Å². The summed E-state index contributed by atoms with van der Waals surface area (Å²) in [7, 11) is -3.48. The molecular weight excluding hydrogens is 324 g/mol. The fraction of sp³-hybridized carbons (Fsp3) is 0.667. The van der Waals surface area contributed by atoms with Crippen molar-refractivity contribution in [3.05, 3.63) is 24.3 Å². The molecule has 1 atom stereocenters. The van der Waals surface area contributed by atoms with Crippen LogP contribution in [-0.2, 0) is 10.0 Å². The Bertz CT molecular complexity index is 591. The molecule has 1 saturated carbocycles. The molecule has 0 heterocycles. The summed E-state index contributed by atoms with van der Waals surface area (Å²) >= 11 is 0. The molecule has 2 rings (SSSR count). The van der Waals surface area contributed by atoms with Gasteiger partial charge in [0, 0.05) is 12.6 Å². The molecule has 6 heteroatoms. The molecule has 24 heavy (non-hydrogen) atoms. The van der Waals surface area contributed by atoms with E-state index >= 15 is 0 Å². The van der Waals surface area contributed by atoms with Crippen molar-refractivity contribution in [2.45, 2.75) is 63.5 Å². The van der Waals surface area contributed by atoms with Crippen molar-refractivity contribution in [2.75, 3.05) is 19.6 Å². The van der Waals surface area contributed by atoms with Crippen LogP contribution in [0.3, 0.4) is 0 Å². The van der Waals surface area contributed by atoms with Crippen LogP contribution in [-0.4, -0.2) is 45.1 Å². The average molecular weight is 355 g/mol. The number of ether oxygens (including phenoxy) is 1. The highest BCUT2D eigenvalue weighted by atomic mass is 32.2. The topological polar surface area (TPSA) is 58.6 Å². The molecule has 0 bridgehead atoms. The number of hydrogen-bond acceptors (Lipinski definition) is 4. The molecule has 0 aromatic heterocycles. The predicted octanol–water partition coefficient (Wildman–Crippen LogP) is 3.02. The van der Waals surface area contributed by atoms with Crippen molar-refractivity contribution in [3.63, 3.8) is 0 Å². The molecule has 1 aliphatic rings. The maximum Gasteiger partial charge on any atom is 0.240 e. The van der Waals surface area contributed by atoms with Crippen molar-refractivity contribution in [1.82, 2.24) is 9.62 Å². The van der Waals surface area contributed by atoms with Crippen LogP contribution in [0.4, 0.5) is 0 Å². The maximum absolute atomic E-state index is 12.4. The molecule has 0 radical (unpaired) electrons. The summed E-state index contributed by atoms with van der Waals surface area (Å²) in [4.78, 5) is 2.51. The van der Waals surface area contributed by atoms with Crippen molar-refractivity contribution < 1.29 is 13.2 Å². The second-order valence-electron chi connectivity index (χ2n) is 6.42. The molecule has 1 aromatic carbocycles. The van der Waals surface area contributed by atoms with E-state index in [-0.39, 0.29) is 17.0 Å². The number of nitrogens with zero attached hydrogens (tertiary/aromatic N) is 1. The second-order valence-corrected chi connectivity index (χ2v) is 8.18. The molecule has 1 fully saturated rings. The van der Waals surface area contributed by atoms with Gasteiger partial charge in [0.2, 0.25) is 10.0 Å². The van der Waals surface area contributed by atoms with Gasteiger partial charge in [0.15, 0.2) is 0 Å². The van der Waals surface area contributed by atoms with Gasteiger partial charge >= 0.3 is 0 Å². The lowest BCUT2D eigenvalue weighted by Gasteiger charge is -2.26. The van der Waals surface area contributed by atoms with E-state index in [4.69, 9.17) is 4.74 Å². The van der Waals surface area contributed by atoms with Crippen LogP contribution in [0.15, 0.2) is 29.2 Å². The van der Waals surface area contributed by atoms with Gasteiger partial charge in [-0.1, -0.05) is 13.8 Å². The first kappa shape index (κ1) is 19.2. The van der Waals surface area contributed by atoms with E-state index in [1.165, 1.54) is 12.8 Å². The van der Waals surface area contributed by atoms with Crippen LogP contribution in [0.1, 0.15) is 46.5 Å². The van der Waals surface area contributed by atoms with Crippen molar-refractivity contribution in [3.8, 4) is 5.75 Å². The Kier molecular flexibility index (Phi) is 7.07. The van der Waals surface area contributed by atoms with Crippen LogP contribution < -0.4 is 9.46 Å². The number of likely N-dealkylation sites (N-methyl/N-ethyl adjacent to an activating group) is 1. The lowest BCUT2D eigenvalue weighted by molar-refractivity contribution is 0.210. The Morgan fingerprint density at radius 1 is 1.17 bits per heavy atom. The van der Waals surface area contributed by atoms with Crippen molar-refractivity contribution in [1.29, 1.82) is 0 Å². The smallest absolute Gasteiger partial charge is 0.240 e. The number of rotatable bonds is 9. The van der Waals surface area contributed by atoms with Crippen LogP contribution in [0.25, 0.3) is 0 Å². The van der Waals surface area contributed by atoms with E-state index < -0.39 is 10.0 Å². The van der Waals surface area contributed by atoms with Crippen molar-refractivity contribution in [2.24, 2.45) is 0 Å². The van der Waals surface area contributed by atoms with E-state index in [2.05, 4.69) is 23.5 Å². The molecule has 0 aliphatic heterocycles. The normalized spacial score (nSPS) is 17.3. The first-order valence-electron chi connectivity index (χ1n) is 8.96. The van der Waals surface area contributed by atoms with Gasteiger partial charge in [-0.3, -0.25) is 4.90 Å². The quantitative estimate of drug-likeness (QED) is 0.740. The zero-order valence-corrected chi connectivity index (χ0v) is 15.8. The van der Waals surface area contributed by atoms with E-state index in [0.717, 1.165) is 31.7 Å². The molecule has 5 nitrogen and oxygen atoms in total. The van der Waals surface area contributed by atoms with Gasteiger partial charge in [-0.25, -0.2) is 13.1 Å². The number of benzene rings is 1. The monoisotopic (exact) mass is 354 g/mol. The minimum absolute atomic E-state index is 0.166. The highest BCUT2D eigenvalue weighted by Gasteiger charge is 2.19. The Labute approximate surface area is 146 Å². The Hall–Kier alpha value is -1.11. The summed E-state index contributed by atoms with van der Waals surface area (Å²) < 4.78 is 33.4. The van der Waals surface area contributed by atoms with Crippen LogP contribution in [0, 0.1) is 0 Å². The van der Waals surface area contributed by atoms with Gasteiger partial charge in [0.05, 0.1) is 11.0 Å². The van der Waals surface area contributed by atoms with Gasteiger partial charge in [-0.15, -0.1) is 0 Å². The first-order valence-corrected chi connectivity index (χ1v) is 10.4. The summed E-state index contributed by atoms with van der Waals surface area (Å²) in [6, 6.07) is 6.91. The lowest BCUT2D eigenvalue weighted by Crippen LogP contribution is -2.41. The molecule has 1 aromatic rings. The molecule has 0 spiro atoms. The summed E-state index contributed by atoms with van der Waals surface area (Å²) in [5.41, 5.74) is 0. The van der Waals surface area contributed by atoms with Crippen LogP contribution in [0.5, 0.6) is 5.75 Å². The summed E-state index contributed by atoms with van der Waals surface area (Å²) in [6.07, 6.45) is 4.88. The molecule has 0 amide bonds. The Morgan fingerprint density at radius 2 is 1.75 bits per heavy atom. The molecule has 136 valence electrons. The predicted molar refractivity (Wildman–Crippen MR) is 96.9 cm³/mol. The largest absolute Gasteiger partial charge is 0.490 e. The van der Waals surface area contributed by atoms with Gasteiger partial charge < -0.3 is 4.74 Å². The molecule has 1 aliphatic carbocycles. The van der Waals surface area contributed by atoms with E-state index in [1.807, 2.05) is 6.92 Å². The third-order valence-electron chi connectivity index (χ3n) is 4.74. The Morgan fingerprint density at radius 3 is 2.29 bits per heavy atom. The zero-order valence-electron chi connectivity index (χ0n) is 15.0. The van der Waals surface area contributed by atoms with Crippen molar-refractivity contribution >= 4 is 10.0 Å². The highest BCUT2D eigenvalue weighted by molar-refractivity contribution is 7.89. The number of nitrogens with one attached hydrogen (secondary N) is 1. The third kappa shape index (κ3) is 5.19. The van der Waals surface area contributed by atoms with E-state index in [1.54, 1.807) is 24.3 Å². The third-order valence-corrected chi connectivity index (χ3v) is 6.18. The minimum Gasteiger partial charge on any atom is -0.490 e. The molecular formula is C18H30N2O3S. The SMILES string of the molecule is CCN(CC)C(C)CNS(=O)(=O)c1ccc(OC2CCCC2)cc1. The second kappa shape index (κ2) is 8.83. The fourth-order valence-corrected chi connectivity index (χ4v) is 4.31. The minimum atomic E-state index is -3.48. The summed E-state index contributed by atoms with van der Waals surface area (Å²) in [6.45, 7) is 8.42. The highest BCUT2D eigenvalue weighted by Crippen LogP contribution is 2.24. The van der Waals surface area contributed by atoms with E-state index in [0.29, 0.717) is 6.54 Å². The number of hydrogen-bond donors (Lipinski definition) is 1. The lowest BCUT2D eigenvalue weighted by atomic mass is 10.3. The molecule has 0 saturated heterocycles. The van der Waals surface area contributed by atoms with Gasteiger partial charge in [-0.05, 0) is 70.0 Å². The standard InChI is InChI=1S/C18H30N2O3S/c1-4-20(5-2)15(3)14-19-24(21,22)18-12-10-17(11-13-18)23-16-8-6-7-9-16/h10-13,15-16,19H,4-9,14H2,1-3H3. The van der Waals surface area contributed by atoms with Gasteiger partial charge in [-0.2, -0.15) is 0 Å². The van der Waals surface area contributed by atoms with Crippen LogP contribution in [0.2, 0.25) is 0 Å². The first-order chi connectivity index (χ1) is 11.5. The Balaban J connectivity index is 1.93. The molecule has 1 unspecified atom stereocenters. The summed E-state index contributed by atoms with van der Waals surface area (Å²) in [5.74, 6) is 0.748. The van der Waals surface area contributed by atoms with Gasteiger partial charge in [0.1, 0.15) is 5.75 Å².